The maximum Gasteiger partial charge on any atom is 0.130 e. The predicted molar refractivity (Wildman–Crippen MR) is 46.2 cm³/mol. The van der Waals surface area contributed by atoms with Gasteiger partial charge in [-0.1, -0.05) is 0 Å². The molecule has 2 aromatic rings. The number of hydrogen-bond donors (Lipinski definition) is 0. The minimum atomic E-state index is 0.899. The fourth-order valence-corrected chi connectivity index (χ4v) is 1.78. The monoisotopic (exact) mass is 165 g/mol. The van der Waals surface area contributed by atoms with E-state index < -0.39 is 0 Å². The van der Waals surface area contributed by atoms with Gasteiger partial charge >= 0.3 is 0 Å². The van der Waals surface area contributed by atoms with Crippen molar-refractivity contribution in [3.8, 4) is 5.75 Å². The van der Waals surface area contributed by atoms with E-state index in [9.17, 15) is 0 Å². The average Bonchev–Trinajstić information content (AvgIpc) is 2.50. The molecule has 3 heteroatoms. The Morgan fingerprint density at radius 1 is 1.45 bits per heavy atom. The SMILES string of the molecule is COc1ccnc2sccc12. The molecular weight excluding hydrogens is 158 g/mol. The molecule has 0 aliphatic heterocycles. The zero-order valence-corrected chi connectivity index (χ0v) is 6.89. The molecule has 0 saturated heterocycles. The lowest BCUT2D eigenvalue weighted by molar-refractivity contribution is 0.419. The number of thiophene rings is 1. The molecule has 0 aliphatic rings. The van der Waals surface area contributed by atoms with Crippen LogP contribution < -0.4 is 4.74 Å². The van der Waals surface area contributed by atoms with Gasteiger partial charge in [-0.15, -0.1) is 11.3 Å². The van der Waals surface area contributed by atoms with Gasteiger partial charge in [0, 0.05) is 6.20 Å². The molecule has 56 valence electrons. The van der Waals surface area contributed by atoms with Crippen LogP contribution in [-0.2, 0) is 0 Å². The number of pyridine rings is 1. The predicted octanol–water partition coefficient (Wildman–Crippen LogP) is 2.30. The summed E-state index contributed by atoms with van der Waals surface area (Å²) in [5.74, 6) is 0.899. The van der Waals surface area contributed by atoms with Gasteiger partial charge in [0.05, 0.1) is 12.5 Å². The minimum absolute atomic E-state index is 0.899. The maximum atomic E-state index is 5.15. The summed E-state index contributed by atoms with van der Waals surface area (Å²) >= 11 is 1.63. The van der Waals surface area contributed by atoms with Crippen LogP contribution in [0.4, 0.5) is 0 Å². The number of rotatable bonds is 1. The van der Waals surface area contributed by atoms with Crippen LogP contribution in [0.25, 0.3) is 10.2 Å². The molecule has 0 aliphatic carbocycles. The molecule has 0 fully saturated rings. The Labute approximate surface area is 68.5 Å². The van der Waals surface area contributed by atoms with Crippen LogP contribution in [0.1, 0.15) is 0 Å². The second-order valence-electron chi connectivity index (χ2n) is 2.15. The molecule has 0 aromatic carbocycles. The molecule has 2 heterocycles. The topological polar surface area (TPSA) is 22.1 Å². The Morgan fingerprint density at radius 2 is 2.36 bits per heavy atom. The summed E-state index contributed by atoms with van der Waals surface area (Å²) in [5, 5.41) is 3.11. The van der Waals surface area contributed by atoms with Crippen LogP contribution in [0.15, 0.2) is 23.7 Å². The van der Waals surface area contributed by atoms with Crippen molar-refractivity contribution in [2.75, 3.05) is 7.11 Å². The van der Waals surface area contributed by atoms with Gasteiger partial charge in [-0.05, 0) is 17.5 Å². The number of methoxy groups -OCH3 is 1. The van der Waals surface area contributed by atoms with Crippen molar-refractivity contribution in [1.82, 2.24) is 4.98 Å². The largest absolute Gasteiger partial charge is 0.496 e. The van der Waals surface area contributed by atoms with E-state index in [0.29, 0.717) is 0 Å². The molecule has 2 nitrogen and oxygen atoms in total. The van der Waals surface area contributed by atoms with Crippen molar-refractivity contribution in [3.05, 3.63) is 23.7 Å². The first-order valence-corrected chi connectivity index (χ1v) is 4.16. The molecule has 11 heavy (non-hydrogen) atoms. The van der Waals surface area contributed by atoms with E-state index in [1.807, 2.05) is 17.5 Å². The summed E-state index contributed by atoms with van der Waals surface area (Å²) in [6.07, 6.45) is 1.76. The molecule has 2 aromatic heterocycles. The van der Waals surface area contributed by atoms with Gasteiger partial charge in [0.25, 0.3) is 0 Å². The van der Waals surface area contributed by atoms with Gasteiger partial charge in [-0.3, -0.25) is 0 Å². The van der Waals surface area contributed by atoms with Crippen molar-refractivity contribution >= 4 is 21.6 Å². The fraction of sp³-hybridized carbons (Fsp3) is 0.125. The first-order chi connectivity index (χ1) is 5.42. The van der Waals surface area contributed by atoms with Crippen LogP contribution in [0, 0.1) is 0 Å². The van der Waals surface area contributed by atoms with E-state index in [1.54, 1.807) is 24.6 Å². The van der Waals surface area contributed by atoms with E-state index in [4.69, 9.17) is 4.74 Å². The molecule has 0 saturated carbocycles. The van der Waals surface area contributed by atoms with Crippen molar-refractivity contribution in [2.24, 2.45) is 0 Å². The standard InChI is InChI=1S/C8H7NOS/c1-10-7-2-4-9-8-6(7)3-5-11-8/h2-5H,1H3. The highest BCUT2D eigenvalue weighted by Gasteiger charge is 2.00. The van der Waals surface area contributed by atoms with Crippen LogP contribution in [0.3, 0.4) is 0 Å². The smallest absolute Gasteiger partial charge is 0.130 e. The van der Waals surface area contributed by atoms with E-state index in [-0.39, 0.29) is 0 Å². The first-order valence-electron chi connectivity index (χ1n) is 3.28. The molecule has 0 spiro atoms. The normalized spacial score (nSPS) is 10.3. The van der Waals surface area contributed by atoms with Crippen LogP contribution in [0.5, 0.6) is 5.75 Å². The third kappa shape index (κ3) is 0.973. The number of hydrogen-bond acceptors (Lipinski definition) is 3. The number of ether oxygens (including phenoxy) is 1. The molecular formula is C8H7NOS. The zero-order valence-electron chi connectivity index (χ0n) is 6.07. The summed E-state index contributed by atoms with van der Waals surface area (Å²) in [6.45, 7) is 0. The second kappa shape index (κ2) is 2.51. The highest BCUT2D eigenvalue weighted by molar-refractivity contribution is 7.16. The molecule has 0 radical (unpaired) electrons. The lowest BCUT2D eigenvalue weighted by atomic mass is 10.3. The Kier molecular flexibility index (Phi) is 1.51. The van der Waals surface area contributed by atoms with Gasteiger partial charge < -0.3 is 4.74 Å². The summed E-state index contributed by atoms with van der Waals surface area (Å²) < 4.78 is 5.15. The second-order valence-corrected chi connectivity index (χ2v) is 3.05. The maximum absolute atomic E-state index is 5.15. The van der Waals surface area contributed by atoms with Gasteiger partial charge in [-0.2, -0.15) is 0 Å². The van der Waals surface area contributed by atoms with Gasteiger partial charge in [0.15, 0.2) is 0 Å². The van der Waals surface area contributed by atoms with Gasteiger partial charge in [-0.25, -0.2) is 4.98 Å². The van der Waals surface area contributed by atoms with Crippen LogP contribution in [-0.4, -0.2) is 12.1 Å². The Morgan fingerprint density at radius 3 is 3.18 bits per heavy atom. The third-order valence-corrected chi connectivity index (χ3v) is 2.37. The van der Waals surface area contributed by atoms with Crippen molar-refractivity contribution in [3.63, 3.8) is 0 Å². The van der Waals surface area contributed by atoms with Gasteiger partial charge in [0.1, 0.15) is 10.6 Å². The quantitative estimate of drug-likeness (QED) is 0.646. The summed E-state index contributed by atoms with van der Waals surface area (Å²) in [6, 6.07) is 3.89. The highest BCUT2D eigenvalue weighted by Crippen LogP contribution is 2.26. The molecule has 0 bridgehead atoms. The summed E-state index contributed by atoms with van der Waals surface area (Å²) in [5.41, 5.74) is 0. The van der Waals surface area contributed by atoms with Crippen molar-refractivity contribution in [2.45, 2.75) is 0 Å². The number of aromatic nitrogens is 1. The van der Waals surface area contributed by atoms with Crippen molar-refractivity contribution < 1.29 is 4.74 Å². The Bertz CT molecular complexity index is 369. The van der Waals surface area contributed by atoms with Gasteiger partial charge in [0.2, 0.25) is 0 Å². The van der Waals surface area contributed by atoms with E-state index in [1.165, 1.54) is 0 Å². The number of nitrogens with zero attached hydrogens (tertiary/aromatic N) is 1. The first kappa shape index (κ1) is 6.61. The Balaban J connectivity index is 2.79. The zero-order chi connectivity index (χ0) is 7.68. The highest BCUT2D eigenvalue weighted by atomic mass is 32.1. The third-order valence-electron chi connectivity index (χ3n) is 1.55. The summed E-state index contributed by atoms with van der Waals surface area (Å²) in [7, 11) is 1.67. The molecule has 2 rings (SSSR count). The molecule has 0 atom stereocenters. The van der Waals surface area contributed by atoms with E-state index in [2.05, 4.69) is 4.98 Å². The van der Waals surface area contributed by atoms with E-state index in [0.717, 1.165) is 16.0 Å². The van der Waals surface area contributed by atoms with E-state index >= 15 is 0 Å². The number of fused-ring (bicyclic) bond motifs is 1. The van der Waals surface area contributed by atoms with Crippen LogP contribution >= 0.6 is 11.3 Å². The molecule has 0 N–H and O–H groups in total. The lowest BCUT2D eigenvalue weighted by Gasteiger charge is -1.98. The Hall–Kier alpha value is -1.09. The fourth-order valence-electron chi connectivity index (χ4n) is 1.03. The summed E-state index contributed by atoms with van der Waals surface area (Å²) in [4.78, 5) is 5.22. The molecule has 0 amide bonds. The average molecular weight is 165 g/mol. The lowest BCUT2D eigenvalue weighted by Crippen LogP contribution is -1.82. The van der Waals surface area contributed by atoms with Crippen LogP contribution in [0.2, 0.25) is 0 Å². The molecule has 0 unspecified atom stereocenters. The minimum Gasteiger partial charge on any atom is -0.496 e. The van der Waals surface area contributed by atoms with Crippen molar-refractivity contribution in [1.29, 1.82) is 0 Å².